The topological polar surface area (TPSA) is 93.3 Å². The summed E-state index contributed by atoms with van der Waals surface area (Å²) in [5, 5.41) is 8.03. The molecule has 2 unspecified atom stereocenters. The Labute approximate surface area is 183 Å². The second kappa shape index (κ2) is 7.34. The first-order chi connectivity index (χ1) is 15.2. The zero-order valence-corrected chi connectivity index (χ0v) is 18.0. The normalized spacial score (nSPS) is 21.1. The van der Waals surface area contributed by atoms with E-state index in [0.717, 1.165) is 32.9 Å². The molecule has 0 aromatic carbocycles. The van der Waals surface area contributed by atoms with Crippen LogP contribution in [0.5, 0.6) is 0 Å². The number of alkyl halides is 2. The number of likely N-dealkylation sites (N-methyl/N-ethyl adjacent to an activating group) is 1. The zero-order chi connectivity index (χ0) is 22.6. The molecule has 9 nitrogen and oxygen atoms in total. The number of carbonyl (C=O) groups is 1. The van der Waals surface area contributed by atoms with Crippen LogP contribution >= 0.6 is 0 Å². The molecule has 5 rings (SSSR count). The number of fused-ring (bicyclic) bond motifs is 3. The van der Waals surface area contributed by atoms with Crippen LogP contribution in [0.15, 0.2) is 18.3 Å². The molecule has 0 aliphatic carbocycles. The maximum absolute atomic E-state index is 13.9. The molecule has 2 aliphatic heterocycles. The highest BCUT2D eigenvalue weighted by molar-refractivity contribution is 5.93. The highest BCUT2D eigenvalue weighted by atomic mass is 19.3. The maximum Gasteiger partial charge on any atom is 0.388 e. The summed E-state index contributed by atoms with van der Waals surface area (Å²) in [6, 6.07) is 4.05. The monoisotopic (exact) mass is 441 g/mol. The Bertz CT molecular complexity index is 1180. The van der Waals surface area contributed by atoms with Crippen LogP contribution in [0.2, 0.25) is 0 Å². The third-order valence-corrected chi connectivity index (χ3v) is 6.17. The second-order valence-corrected chi connectivity index (χ2v) is 8.51. The maximum atomic E-state index is 13.9. The van der Waals surface area contributed by atoms with Crippen molar-refractivity contribution in [2.24, 2.45) is 0 Å². The highest BCUT2D eigenvalue weighted by Gasteiger charge is 2.39. The van der Waals surface area contributed by atoms with Gasteiger partial charge in [-0.05, 0) is 19.9 Å². The number of aromatic nitrogens is 5. The molecule has 11 heteroatoms. The molecule has 0 radical (unpaired) electrons. The van der Waals surface area contributed by atoms with E-state index >= 15 is 0 Å². The van der Waals surface area contributed by atoms with Gasteiger partial charge < -0.3 is 4.90 Å². The van der Waals surface area contributed by atoms with Crippen molar-refractivity contribution >= 4 is 28.4 Å². The number of nitrogens with one attached hydrogen (secondary N) is 1. The van der Waals surface area contributed by atoms with E-state index in [1.54, 1.807) is 6.07 Å². The highest BCUT2D eigenvalue weighted by Crippen LogP contribution is 2.34. The van der Waals surface area contributed by atoms with Gasteiger partial charge in [-0.1, -0.05) is 0 Å². The minimum atomic E-state index is -3.19. The van der Waals surface area contributed by atoms with Crippen LogP contribution in [0, 0.1) is 6.20 Å². The summed E-state index contributed by atoms with van der Waals surface area (Å²) in [5.41, 5.74) is 0.564. The standard InChI is InChI=1S/C21H22F2N8O/c1-12(32)26-17-8-16-15(9-25-17)19(30-10-13-4-5-14(11-30)29(13)3)28-31(16)18-6-7-24-20(27-18)21(2,22)23/h6-8,13-14H,4-5,10-11H2,1-3H3/p+1. The van der Waals surface area contributed by atoms with Crippen molar-refractivity contribution in [1.29, 1.82) is 0 Å². The summed E-state index contributed by atoms with van der Waals surface area (Å²) >= 11 is 0. The van der Waals surface area contributed by atoms with Crippen molar-refractivity contribution in [2.75, 3.05) is 30.4 Å². The van der Waals surface area contributed by atoms with Crippen molar-refractivity contribution in [2.45, 2.75) is 44.7 Å². The average molecular weight is 441 g/mol. The third kappa shape index (κ3) is 3.50. The SMILES string of the molecule is CC(=O)Nc1cc2c(c#[n+]1)c(N1CC3CCC(C1)N3C)nn2-c1ccnc(C(C)(F)F)n1. The fourth-order valence-corrected chi connectivity index (χ4v) is 4.54. The number of piperazine rings is 1. The number of halogens is 2. The van der Waals surface area contributed by atoms with Crippen LogP contribution in [0.1, 0.15) is 32.5 Å². The van der Waals surface area contributed by atoms with E-state index in [4.69, 9.17) is 5.10 Å². The van der Waals surface area contributed by atoms with Crippen LogP contribution in [-0.2, 0) is 10.7 Å². The van der Waals surface area contributed by atoms with Crippen LogP contribution in [0.4, 0.5) is 20.4 Å². The molecule has 0 spiro atoms. The van der Waals surface area contributed by atoms with Gasteiger partial charge >= 0.3 is 17.6 Å². The number of rotatable bonds is 4. The summed E-state index contributed by atoms with van der Waals surface area (Å²) < 4.78 is 29.2. The van der Waals surface area contributed by atoms with Gasteiger partial charge in [-0.3, -0.25) is 4.90 Å². The van der Waals surface area contributed by atoms with Crippen molar-refractivity contribution in [3.05, 3.63) is 30.4 Å². The van der Waals surface area contributed by atoms with Crippen molar-refractivity contribution in [3.8, 4) is 5.82 Å². The molecule has 0 saturated carbocycles. The van der Waals surface area contributed by atoms with Gasteiger partial charge in [0.05, 0.1) is 6.07 Å². The van der Waals surface area contributed by atoms with E-state index in [-0.39, 0.29) is 11.7 Å². The largest absolute Gasteiger partial charge is 0.388 e. The fourth-order valence-electron chi connectivity index (χ4n) is 4.54. The molecule has 5 heterocycles. The lowest BCUT2D eigenvalue weighted by molar-refractivity contribution is -0.274. The Morgan fingerprint density at radius 1 is 1.31 bits per heavy atom. The van der Waals surface area contributed by atoms with E-state index in [1.165, 1.54) is 23.9 Å². The molecular formula is C21H23F2N8O+. The first-order valence-corrected chi connectivity index (χ1v) is 10.5. The van der Waals surface area contributed by atoms with Crippen LogP contribution in [-0.4, -0.2) is 62.8 Å². The van der Waals surface area contributed by atoms with Gasteiger partial charge in [-0.25, -0.2) is 19.4 Å². The van der Waals surface area contributed by atoms with Crippen molar-refractivity contribution < 1.29 is 18.6 Å². The van der Waals surface area contributed by atoms with Crippen molar-refractivity contribution in [3.63, 3.8) is 0 Å². The molecule has 3 aromatic heterocycles. The molecule has 32 heavy (non-hydrogen) atoms. The third-order valence-electron chi connectivity index (χ3n) is 6.17. The Hall–Kier alpha value is -3.39. The van der Waals surface area contributed by atoms with Crippen LogP contribution in [0.25, 0.3) is 16.7 Å². The molecule has 2 aliphatic rings. The summed E-state index contributed by atoms with van der Waals surface area (Å²) in [6.07, 6.45) is 6.54. The van der Waals surface area contributed by atoms with Crippen molar-refractivity contribution in [1.82, 2.24) is 24.6 Å². The molecule has 1 N–H and O–H groups in total. The molecular weight excluding hydrogens is 418 g/mol. The van der Waals surface area contributed by atoms with Gasteiger partial charge in [0.25, 0.3) is 0 Å². The zero-order valence-electron chi connectivity index (χ0n) is 18.0. The van der Waals surface area contributed by atoms with Crippen LogP contribution in [0.3, 0.4) is 0 Å². The number of amides is 1. The number of hydrogen-bond acceptors (Lipinski definition) is 6. The number of carbonyl (C=O) groups excluding carboxylic acids is 1. The molecule has 3 aromatic rings. The minimum Gasteiger partial charge on any atom is -0.351 e. The predicted octanol–water partition coefficient (Wildman–Crippen LogP) is 1.57. The van der Waals surface area contributed by atoms with E-state index in [1.807, 2.05) is 0 Å². The predicted molar refractivity (Wildman–Crippen MR) is 112 cm³/mol. The average Bonchev–Trinajstić information content (AvgIpc) is 3.18. The first-order valence-electron chi connectivity index (χ1n) is 10.5. The van der Waals surface area contributed by atoms with Gasteiger partial charge in [0.15, 0.2) is 11.6 Å². The lowest BCUT2D eigenvalue weighted by Crippen LogP contribution is -2.52. The van der Waals surface area contributed by atoms with E-state index in [9.17, 15) is 13.6 Å². The number of hydrogen-bond donors (Lipinski definition) is 1. The fraction of sp³-hybridized carbons (Fsp3) is 0.476. The molecule has 166 valence electrons. The van der Waals surface area contributed by atoms with Crippen LogP contribution < -0.4 is 15.2 Å². The Balaban J connectivity index is 1.64. The summed E-state index contributed by atoms with van der Waals surface area (Å²) in [6.45, 7) is 3.75. The molecule has 2 bridgehead atoms. The summed E-state index contributed by atoms with van der Waals surface area (Å²) in [7, 11) is 2.15. The Morgan fingerprint density at radius 2 is 2.03 bits per heavy atom. The van der Waals surface area contributed by atoms with Gasteiger partial charge in [0, 0.05) is 51.3 Å². The second-order valence-electron chi connectivity index (χ2n) is 8.51. The first kappa shape index (κ1) is 20.5. The lowest BCUT2D eigenvalue weighted by Gasteiger charge is -2.38. The van der Waals surface area contributed by atoms with E-state index in [0.29, 0.717) is 34.6 Å². The summed E-state index contributed by atoms with van der Waals surface area (Å²) in [4.78, 5) is 28.1. The summed E-state index contributed by atoms with van der Waals surface area (Å²) in [5.74, 6) is -2.87. The minimum absolute atomic E-state index is 0.207. The molecule has 1 amide bonds. The molecule has 2 saturated heterocycles. The van der Waals surface area contributed by atoms with E-state index in [2.05, 4.69) is 43.3 Å². The van der Waals surface area contributed by atoms with Gasteiger partial charge in [-0.15, -0.1) is 5.10 Å². The number of anilines is 2. The molecule has 2 fully saturated rings. The lowest BCUT2D eigenvalue weighted by atomic mass is 10.2. The Morgan fingerprint density at radius 3 is 2.69 bits per heavy atom. The van der Waals surface area contributed by atoms with Gasteiger partial charge in [0.2, 0.25) is 12.0 Å². The van der Waals surface area contributed by atoms with E-state index < -0.39 is 11.7 Å². The quantitative estimate of drug-likeness (QED) is 0.657. The molecule has 2 atom stereocenters. The van der Waals surface area contributed by atoms with Gasteiger partial charge in [-0.2, -0.15) is 19.1 Å². The van der Waals surface area contributed by atoms with Gasteiger partial charge in [0.1, 0.15) is 10.9 Å². The number of nitrogens with zero attached hydrogens (tertiary/aromatic N) is 7. The Kier molecular flexibility index (Phi) is 4.70. The smallest absolute Gasteiger partial charge is 0.351 e.